The number of ether oxygens (including phenoxy) is 1. The number of nitrogens with zero attached hydrogens (tertiary/aromatic N) is 2. The van der Waals surface area contributed by atoms with Crippen LogP contribution in [-0.4, -0.2) is 39.0 Å². The Balaban J connectivity index is 1.90. The number of rotatable bonds is 5. The highest BCUT2D eigenvalue weighted by Crippen LogP contribution is 2.42. The lowest BCUT2D eigenvalue weighted by Crippen LogP contribution is -2.37. The van der Waals surface area contributed by atoms with E-state index < -0.39 is 17.7 Å². The standard InChI is InChI=1S/C30H34N2O4/c1-18-9-11-21(12-10-18)25-20(3)24-17-32(28(33)22-8-7-14-31-16-22)15-13-23(24)19(2)26(25)27(29(34)35)36-30(4,5)6/h7-12,14,16,27H,13,15,17H2,1-6H3,(H,34,35). The predicted octanol–water partition coefficient (Wildman–Crippen LogP) is 5.81. The lowest BCUT2D eigenvalue weighted by atomic mass is 9.80. The van der Waals surface area contributed by atoms with E-state index in [0.717, 1.165) is 38.9 Å². The summed E-state index contributed by atoms with van der Waals surface area (Å²) in [5.41, 5.74) is 7.67. The molecule has 1 N–H and O–H groups in total. The second kappa shape index (κ2) is 9.86. The second-order valence-electron chi connectivity index (χ2n) is 10.5. The van der Waals surface area contributed by atoms with Crippen LogP contribution in [0, 0.1) is 20.8 Å². The summed E-state index contributed by atoms with van der Waals surface area (Å²) in [5, 5.41) is 10.3. The molecular formula is C30H34N2O4. The number of amides is 1. The predicted molar refractivity (Wildman–Crippen MR) is 140 cm³/mol. The van der Waals surface area contributed by atoms with Crippen LogP contribution in [0.15, 0.2) is 48.8 Å². The monoisotopic (exact) mass is 486 g/mol. The number of carbonyl (C=O) groups is 2. The molecule has 0 fully saturated rings. The van der Waals surface area contributed by atoms with E-state index in [0.29, 0.717) is 30.6 Å². The normalized spacial score (nSPS) is 14.3. The van der Waals surface area contributed by atoms with Crippen LogP contribution in [0.4, 0.5) is 0 Å². The first-order valence-electron chi connectivity index (χ1n) is 12.3. The topological polar surface area (TPSA) is 79.7 Å². The van der Waals surface area contributed by atoms with Crippen molar-refractivity contribution in [2.24, 2.45) is 0 Å². The Labute approximate surface area is 212 Å². The molecule has 36 heavy (non-hydrogen) atoms. The Morgan fingerprint density at radius 3 is 2.31 bits per heavy atom. The molecule has 0 radical (unpaired) electrons. The fourth-order valence-corrected chi connectivity index (χ4v) is 5.08. The van der Waals surface area contributed by atoms with Crippen LogP contribution < -0.4 is 0 Å². The molecule has 1 aliphatic heterocycles. The van der Waals surface area contributed by atoms with Gasteiger partial charge in [-0.25, -0.2) is 4.79 Å². The van der Waals surface area contributed by atoms with Gasteiger partial charge in [-0.05, 0) is 93.5 Å². The summed E-state index contributed by atoms with van der Waals surface area (Å²) in [4.78, 5) is 31.7. The van der Waals surface area contributed by atoms with E-state index in [2.05, 4.69) is 4.98 Å². The van der Waals surface area contributed by atoms with E-state index in [1.54, 1.807) is 24.5 Å². The third-order valence-electron chi connectivity index (χ3n) is 6.79. The lowest BCUT2D eigenvalue weighted by molar-refractivity contribution is -0.160. The Morgan fingerprint density at radius 1 is 1.03 bits per heavy atom. The SMILES string of the molecule is Cc1ccc(-c2c(C)c3c(c(C)c2C(OC(C)(C)C)C(=O)O)CCN(C(=O)c2cccnc2)C3)cc1. The first-order valence-corrected chi connectivity index (χ1v) is 12.3. The van der Waals surface area contributed by atoms with Crippen molar-refractivity contribution in [1.82, 2.24) is 9.88 Å². The number of benzene rings is 2. The Kier molecular flexibility index (Phi) is 7.01. The van der Waals surface area contributed by atoms with Crippen molar-refractivity contribution in [1.29, 1.82) is 0 Å². The molecule has 0 saturated carbocycles. The summed E-state index contributed by atoms with van der Waals surface area (Å²) < 4.78 is 6.14. The van der Waals surface area contributed by atoms with Crippen molar-refractivity contribution in [3.8, 4) is 11.1 Å². The van der Waals surface area contributed by atoms with Gasteiger partial charge in [-0.3, -0.25) is 9.78 Å². The van der Waals surface area contributed by atoms with Gasteiger partial charge in [0.2, 0.25) is 0 Å². The molecule has 2 heterocycles. The first-order chi connectivity index (χ1) is 17.0. The number of carbonyl (C=O) groups excluding carboxylic acids is 1. The van der Waals surface area contributed by atoms with Gasteiger partial charge >= 0.3 is 5.97 Å². The summed E-state index contributed by atoms with van der Waals surface area (Å²) in [6.45, 7) is 12.7. The van der Waals surface area contributed by atoms with Gasteiger partial charge in [-0.1, -0.05) is 29.8 Å². The van der Waals surface area contributed by atoms with Crippen LogP contribution in [0.25, 0.3) is 11.1 Å². The number of aliphatic carboxylic acids is 1. The van der Waals surface area contributed by atoms with Gasteiger partial charge < -0.3 is 14.7 Å². The molecule has 4 rings (SSSR count). The Bertz CT molecular complexity index is 1290. The average Bonchev–Trinajstić information content (AvgIpc) is 2.84. The number of fused-ring (bicyclic) bond motifs is 1. The molecule has 6 nitrogen and oxygen atoms in total. The van der Waals surface area contributed by atoms with Gasteiger partial charge in [-0.2, -0.15) is 0 Å². The summed E-state index contributed by atoms with van der Waals surface area (Å²) in [5.74, 6) is -1.06. The minimum absolute atomic E-state index is 0.0498. The maximum Gasteiger partial charge on any atom is 0.337 e. The van der Waals surface area contributed by atoms with E-state index in [1.165, 1.54) is 0 Å². The van der Waals surface area contributed by atoms with E-state index in [1.807, 2.05) is 70.7 Å². The van der Waals surface area contributed by atoms with Crippen molar-refractivity contribution in [3.05, 3.63) is 87.7 Å². The molecule has 1 atom stereocenters. The summed E-state index contributed by atoms with van der Waals surface area (Å²) in [7, 11) is 0. The zero-order valence-electron chi connectivity index (χ0n) is 21.9. The van der Waals surface area contributed by atoms with Crippen LogP contribution in [0.2, 0.25) is 0 Å². The van der Waals surface area contributed by atoms with E-state index in [-0.39, 0.29) is 5.91 Å². The van der Waals surface area contributed by atoms with Crippen molar-refractivity contribution in [2.75, 3.05) is 6.54 Å². The third-order valence-corrected chi connectivity index (χ3v) is 6.79. The van der Waals surface area contributed by atoms with Crippen molar-refractivity contribution in [3.63, 3.8) is 0 Å². The number of aryl methyl sites for hydroxylation is 1. The maximum atomic E-state index is 13.2. The molecule has 1 amide bonds. The molecule has 3 aromatic rings. The molecule has 1 unspecified atom stereocenters. The zero-order chi connectivity index (χ0) is 26.2. The molecule has 1 aromatic heterocycles. The molecular weight excluding hydrogens is 452 g/mol. The molecule has 0 spiro atoms. The maximum absolute atomic E-state index is 13.2. The van der Waals surface area contributed by atoms with Gasteiger partial charge in [0.15, 0.2) is 6.10 Å². The average molecular weight is 487 g/mol. The highest BCUT2D eigenvalue weighted by Gasteiger charge is 2.35. The number of hydrogen-bond acceptors (Lipinski definition) is 4. The molecule has 0 aliphatic carbocycles. The van der Waals surface area contributed by atoms with Crippen LogP contribution in [-0.2, 0) is 22.5 Å². The molecule has 0 saturated heterocycles. The highest BCUT2D eigenvalue weighted by atomic mass is 16.5. The fraction of sp³-hybridized carbons (Fsp3) is 0.367. The van der Waals surface area contributed by atoms with Crippen LogP contribution in [0.3, 0.4) is 0 Å². The minimum atomic E-state index is -1.11. The number of hydrogen-bond donors (Lipinski definition) is 1. The summed E-state index contributed by atoms with van der Waals surface area (Å²) >= 11 is 0. The molecule has 1 aliphatic rings. The van der Waals surface area contributed by atoms with Crippen molar-refractivity contribution in [2.45, 2.75) is 66.2 Å². The molecule has 0 bridgehead atoms. The van der Waals surface area contributed by atoms with Crippen molar-refractivity contribution >= 4 is 11.9 Å². The number of carboxylic acids is 1. The molecule has 6 heteroatoms. The largest absolute Gasteiger partial charge is 0.479 e. The quantitative estimate of drug-likeness (QED) is 0.492. The smallest absolute Gasteiger partial charge is 0.337 e. The van der Waals surface area contributed by atoms with E-state index >= 15 is 0 Å². The van der Waals surface area contributed by atoms with Crippen LogP contribution in [0.5, 0.6) is 0 Å². The van der Waals surface area contributed by atoms with Gasteiger partial charge in [0.25, 0.3) is 5.91 Å². The number of pyridine rings is 1. The van der Waals surface area contributed by atoms with Gasteiger partial charge in [-0.15, -0.1) is 0 Å². The molecule has 2 aromatic carbocycles. The van der Waals surface area contributed by atoms with Crippen LogP contribution in [0.1, 0.15) is 70.6 Å². The van der Waals surface area contributed by atoms with Gasteiger partial charge in [0.05, 0.1) is 11.2 Å². The number of carboxylic acid groups (broad SMARTS) is 1. The number of aromatic nitrogens is 1. The van der Waals surface area contributed by atoms with Crippen LogP contribution >= 0.6 is 0 Å². The van der Waals surface area contributed by atoms with Gasteiger partial charge in [0.1, 0.15) is 0 Å². The Morgan fingerprint density at radius 2 is 1.72 bits per heavy atom. The second-order valence-corrected chi connectivity index (χ2v) is 10.5. The van der Waals surface area contributed by atoms with E-state index in [9.17, 15) is 14.7 Å². The summed E-state index contributed by atoms with van der Waals surface area (Å²) in [6.07, 6.45) is 2.79. The van der Waals surface area contributed by atoms with E-state index in [4.69, 9.17) is 4.74 Å². The first kappa shape index (κ1) is 25.6. The third kappa shape index (κ3) is 5.05. The highest BCUT2D eigenvalue weighted by molar-refractivity contribution is 5.94. The molecule has 188 valence electrons. The zero-order valence-corrected chi connectivity index (χ0v) is 21.9. The lowest BCUT2D eigenvalue weighted by Gasteiger charge is -2.35. The van der Waals surface area contributed by atoms with Gasteiger partial charge in [0, 0.05) is 31.0 Å². The minimum Gasteiger partial charge on any atom is -0.479 e. The van der Waals surface area contributed by atoms with Crippen molar-refractivity contribution < 1.29 is 19.4 Å². The fourth-order valence-electron chi connectivity index (χ4n) is 5.08. The Hall–Kier alpha value is -3.51. The summed E-state index contributed by atoms with van der Waals surface area (Å²) in [6, 6.07) is 11.7.